The van der Waals surface area contributed by atoms with Gasteiger partial charge in [0.15, 0.2) is 6.04 Å². The van der Waals surface area contributed by atoms with E-state index in [9.17, 15) is 9.59 Å². The van der Waals surface area contributed by atoms with Crippen molar-refractivity contribution in [3.05, 3.63) is 34.9 Å². The van der Waals surface area contributed by atoms with Crippen LogP contribution in [0.1, 0.15) is 22.7 Å². The lowest BCUT2D eigenvalue weighted by atomic mass is 10.0. The van der Waals surface area contributed by atoms with Gasteiger partial charge in [-0.1, -0.05) is 18.2 Å². The second kappa shape index (κ2) is 4.79. The topological polar surface area (TPSA) is 57.6 Å². The maximum atomic E-state index is 11.1. The molecule has 0 saturated heterocycles. The number of likely N-dealkylation sites (N-methyl/N-ethyl adjacent to an activating group) is 1. The number of carboxylic acids is 1. The molecule has 0 aliphatic carbocycles. The van der Waals surface area contributed by atoms with E-state index in [1.807, 2.05) is 19.9 Å². The van der Waals surface area contributed by atoms with E-state index in [4.69, 9.17) is 5.11 Å². The van der Waals surface area contributed by atoms with Crippen LogP contribution in [0.15, 0.2) is 18.2 Å². The van der Waals surface area contributed by atoms with Crippen LogP contribution in [0.3, 0.4) is 0 Å². The van der Waals surface area contributed by atoms with Gasteiger partial charge in [0.1, 0.15) is 0 Å². The number of carbonyl (C=O) groups excluding carboxylic acids is 1. The molecule has 0 radical (unpaired) electrons. The summed E-state index contributed by atoms with van der Waals surface area (Å²) in [6.45, 7) is 3.87. The van der Waals surface area contributed by atoms with Crippen LogP contribution < -0.4 is 0 Å². The highest BCUT2D eigenvalue weighted by molar-refractivity contribution is 5.78. The van der Waals surface area contributed by atoms with Crippen molar-refractivity contribution in [3.63, 3.8) is 0 Å². The van der Waals surface area contributed by atoms with Gasteiger partial charge in [0.05, 0.1) is 0 Å². The summed E-state index contributed by atoms with van der Waals surface area (Å²) in [6, 6.07) is 4.48. The molecule has 4 heteroatoms. The number of benzene rings is 1. The summed E-state index contributed by atoms with van der Waals surface area (Å²) in [7, 11) is 1.46. The van der Waals surface area contributed by atoms with Crippen LogP contribution >= 0.6 is 0 Å². The van der Waals surface area contributed by atoms with Crippen molar-refractivity contribution in [1.29, 1.82) is 0 Å². The smallest absolute Gasteiger partial charge is 0.331 e. The first-order valence-corrected chi connectivity index (χ1v) is 4.94. The van der Waals surface area contributed by atoms with Gasteiger partial charge in [-0.25, -0.2) is 4.79 Å². The van der Waals surface area contributed by atoms with E-state index in [2.05, 4.69) is 0 Å². The molecule has 0 bridgehead atoms. The molecule has 1 unspecified atom stereocenters. The summed E-state index contributed by atoms with van der Waals surface area (Å²) in [5.74, 6) is -1.03. The van der Waals surface area contributed by atoms with Gasteiger partial charge in [0.25, 0.3) is 0 Å². The molecule has 0 aliphatic heterocycles. The maximum Gasteiger partial charge on any atom is 0.331 e. The molecule has 0 saturated carbocycles. The van der Waals surface area contributed by atoms with Crippen LogP contribution in [0, 0.1) is 13.8 Å². The van der Waals surface area contributed by atoms with Crippen molar-refractivity contribution in [3.8, 4) is 0 Å². The van der Waals surface area contributed by atoms with Crippen molar-refractivity contribution in [2.75, 3.05) is 7.05 Å². The normalized spacial score (nSPS) is 11.9. The average Bonchev–Trinajstić information content (AvgIpc) is 2.22. The molecule has 86 valence electrons. The van der Waals surface area contributed by atoms with Crippen LogP contribution in [-0.2, 0) is 9.59 Å². The van der Waals surface area contributed by atoms with Gasteiger partial charge >= 0.3 is 5.97 Å². The number of amides is 1. The van der Waals surface area contributed by atoms with Gasteiger partial charge in [0, 0.05) is 7.05 Å². The van der Waals surface area contributed by atoms with Gasteiger partial charge in [-0.05, 0) is 30.5 Å². The third-order valence-electron chi connectivity index (χ3n) is 2.65. The van der Waals surface area contributed by atoms with Crippen LogP contribution in [0.4, 0.5) is 0 Å². The molecule has 0 fully saturated rings. The zero-order chi connectivity index (χ0) is 12.3. The lowest BCUT2D eigenvalue weighted by Gasteiger charge is -2.21. The third kappa shape index (κ3) is 2.39. The molecule has 0 spiro atoms. The Balaban J connectivity index is 3.16. The second-order valence-corrected chi connectivity index (χ2v) is 3.86. The Morgan fingerprint density at radius 2 is 2.00 bits per heavy atom. The van der Waals surface area contributed by atoms with E-state index in [1.54, 1.807) is 12.1 Å². The van der Waals surface area contributed by atoms with E-state index >= 15 is 0 Å². The fraction of sp³-hybridized carbons (Fsp3) is 0.333. The number of hydrogen-bond acceptors (Lipinski definition) is 2. The average molecular weight is 221 g/mol. The summed E-state index contributed by atoms with van der Waals surface area (Å²) in [5.41, 5.74) is 2.73. The Hall–Kier alpha value is -1.84. The van der Waals surface area contributed by atoms with Crippen LogP contribution in [0.2, 0.25) is 0 Å². The highest BCUT2D eigenvalue weighted by atomic mass is 16.4. The third-order valence-corrected chi connectivity index (χ3v) is 2.65. The molecule has 1 aromatic carbocycles. The molecule has 1 aromatic rings. The Kier molecular flexibility index (Phi) is 3.66. The Bertz CT molecular complexity index is 415. The number of carboxylic acid groups (broad SMARTS) is 1. The standard InChI is InChI=1S/C12H15NO3/c1-8-4-5-10(6-9(8)2)11(12(15)16)13(3)7-14/h4-7,11H,1-3H3,(H,15,16). The molecule has 16 heavy (non-hydrogen) atoms. The fourth-order valence-corrected chi connectivity index (χ4v) is 1.55. The number of aliphatic carboxylic acids is 1. The minimum Gasteiger partial charge on any atom is -0.479 e. The summed E-state index contributed by atoms with van der Waals surface area (Å²) >= 11 is 0. The first-order valence-electron chi connectivity index (χ1n) is 4.94. The first-order chi connectivity index (χ1) is 7.47. The number of carbonyl (C=O) groups is 2. The Labute approximate surface area is 94.5 Å². The van der Waals surface area contributed by atoms with Crippen LogP contribution in [0.5, 0.6) is 0 Å². The number of aryl methyl sites for hydroxylation is 2. The van der Waals surface area contributed by atoms with Crippen molar-refractivity contribution in [1.82, 2.24) is 4.90 Å². The Morgan fingerprint density at radius 3 is 2.44 bits per heavy atom. The van der Waals surface area contributed by atoms with Crippen molar-refractivity contribution >= 4 is 12.4 Å². The van der Waals surface area contributed by atoms with E-state index < -0.39 is 12.0 Å². The van der Waals surface area contributed by atoms with Crippen molar-refractivity contribution < 1.29 is 14.7 Å². The maximum absolute atomic E-state index is 11.1. The summed E-state index contributed by atoms with van der Waals surface area (Å²) in [6.07, 6.45) is 0.522. The summed E-state index contributed by atoms with van der Waals surface area (Å²) < 4.78 is 0. The molecular weight excluding hydrogens is 206 g/mol. The lowest BCUT2D eigenvalue weighted by Crippen LogP contribution is -2.29. The predicted octanol–water partition coefficient (Wildman–Crippen LogP) is 1.52. The molecule has 4 nitrogen and oxygen atoms in total. The van der Waals surface area contributed by atoms with Gasteiger partial charge < -0.3 is 10.0 Å². The molecule has 1 N–H and O–H groups in total. The zero-order valence-corrected chi connectivity index (χ0v) is 9.60. The molecule has 0 heterocycles. The molecule has 0 aliphatic rings. The van der Waals surface area contributed by atoms with Crippen LogP contribution in [-0.4, -0.2) is 29.4 Å². The zero-order valence-electron chi connectivity index (χ0n) is 9.60. The van der Waals surface area contributed by atoms with E-state index in [0.29, 0.717) is 12.0 Å². The highest BCUT2D eigenvalue weighted by Crippen LogP contribution is 2.21. The van der Waals surface area contributed by atoms with Crippen molar-refractivity contribution in [2.45, 2.75) is 19.9 Å². The van der Waals surface area contributed by atoms with E-state index in [1.165, 1.54) is 7.05 Å². The molecule has 1 rings (SSSR count). The predicted molar refractivity (Wildman–Crippen MR) is 60.1 cm³/mol. The number of hydrogen-bond donors (Lipinski definition) is 1. The summed E-state index contributed by atoms with van der Waals surface area (Å²) in [4.78, 5) is 22.9. The minimum absolute atomic E-state index is 0.522. The minimum atomic E-state index is -1.03. The summed E-state index contributed by atoms with van der Waals surface area (Å²) in [5, 5.41) is 9.09. The van der Waals surface area contributed by atoms with Gasteiger partial charge in [-0.3, -0.25) is 4.79 Å². The fourth-order valence-electron chi connectivity index (χ4n) is 1.55. The Morgan fingerprint density at radius 1 is 1.38 bits per heavy atom. The van der Waals surface area contributed by atoms with Gasteiger partial charge in [0.2, 0.25) is 6.41 Å². The SMILES string of the molecule is Cc1ccc(C(C(=O)O)N(C)C=O)cc1C. The van der Waals surface area contributed by atoms with Crippen molar-refractivity contribution in [2.24, 2.45) is 0 Å². The molecule has 1 atom stereocenters. The lowest BCUT2D eigenvalue weighted by molar-refractivity contribution is -0.145. The van der Waals surface area contributed by atoms with E-state index in [-0.39, 0.29) is 0 Å². The molecular formula is C12H15NO3. The van der Waals surface area contributed by atoms with Gasteiger partial charge in [-0.15, -0.1) is 0 Å². The monoisotopic (exact) mass is 221 g/mol. The highest BCUT2D eigenvalue weighted by Gasteiger charge is 2.23. The second-order valence-electron chi connectivity index (χ2n) is 3.86. The molecule has 1 amide bonds. The largest absolute Gasteiger partial charge is 0.479 e. The van der Waals surface area contributed by atoms with Crippen LogP contribution in [0.25, 0.3) is 0 Å². The van der Waals surface area contributed by atoms with E-state index in [0.717, 1.165) is 16.0 Å². The molecule has 0 aromatic heterocycles. The van der Waals surface area contributed by atoms with Gasteiger partial charge in [-0.2, -0.15) is 0 Å². The number of rotatable bonds is 4. The quantitative estimate of drug-likeness (QED) is 0.784. The number of nitrogens with zero attached hydrogens (tertiary/aromatic N) is 1. The first kappa shape index (κ1) is 12.2.